The van der Waals surface area contributed by atoms with Gasteiger partial charge in [0, 0.05) is 24.5 Å². The van der Waals surface area contributed by atoms with Crippen molar-refractivity contribution in [3.05, 3.63) is 89.1 Å². The van der Waals surface area contributed by atoms with E-state index in [1.54, 1.807) is 36.8 Å². The summed E-state index contributed by atoms with van der Waals surface area (Å²) in [5.41, 5.74) is 15.7. The number of para-hydroxylation sites is 2. The number of hydrogen-bond acceptors (Lipinski definition) is 6. The van der Waals surface area contributed by atoms with Crippen LogP contribution in [-0.2, 0) is 11.3 Å². The van der Waals surface area contributed by atoms with Crippen LogP contribution >= 0.6 is 0 Å². The number of anilines is 1. The first-order valence-corrected chi connectivity index (χ1v) is 11.7. The van der Waals surface area contributed by atoms with Crippen LogP contribution in [0.3, 0.4) is 0 Å². The lowest BCUT2D eigenvalue weighted by atomic mass is 9.97. The third-order valence-corrected chi connectivity index (χ3v) is 6.61. The number of rotatable bonds is 6. The SMILES string of the molecule is COc1cc(CN)cc(OC)c1C1=NC(n2c(C(N)=O)cc3ccccc32)C(=O)N(C)c2ccccc21. The first-order valence-electron chi connectivity index (χ1n) is 11.7. The van der Waals surface area contributed by atoms with E-state index in [1.807, 2.05) is 60.7 Å². The van der Waals surface area contributed by atoms with Crippen LogP contribution in [0.2, 0.25) is 0 Å². The molecule has 1 aliphatic rings. The molecule has 4 aromatic rings. The molecule has 1 aliphatic heterocycles. The summed E-state index contributed by atoms with van der Waals surface area (Å²) in [4.78, 5) is 33.1. The highest BCUT2D eigenvalue weighted by atomic mass is 16.5. The van der Waals surface area contributed by atoms with Gasteiger partial charge in [-0.1, -0.05) is 36.4 Å². The molecule has 0 saturated heterocycles. The second-order valence-corrected chi connectivity index (χ2v) is 8.67. The van der Waals surface area contributed by atoms with E-state index in [-0.39, 0.29) is 18.1 Å². The molecule has 0 bridgehead atoms. The highest BCUT2D eigenvalue weighted by Crippen LogP contribution is 2.39. The molecule has 0 radical (unpaired) electrons. The van der Waals surface area contributed by atoms with E-state index >= 15 is 0 Å². The number of carbonyl (C=O) groups excluding carboxylic acids is 2. The first-order chi connectivity index (χ1) is 17.9. The van der Waals surface area contributed by atoms with E-state index < -0.39 is 12.1 Å². The molecule has 9 nitrogen and oxygen atoms in total. The molecule has 0 spiro atoms. The summed E-state index contributed by atoms with van der Waals surface area (Å²) in [6.45, 7) is 0.289. The van der Waals surface area contributed by atoms with Crippen LogP contribution in [-0.4, -0.2) is 43.4 Å². The van der Waals surface area contributed by atoms with E-state index in [0.29, 0.717) is 39.5 Å². The maximum Gasteiger partial charge on any atom is 0.272 e. The van der Waals surface area contributed by atoms with Gasteiger partial charge in [0.15, 0.2) is 0 Å². The molecule has 37 heavy (non-hydrogen) atoms. The molecule has 3 aromatic carbocycles. The number of nitrogens with two attached hydrogens (primary N) is 2. The molecule has 5 rings (SSSR count). The van der Waals surface area contributed by atoms with E-state index in [9.17, 15) is 9.59 Å². The van der Waals surface area contributed by atoms with Crippen molar-refractivity contribution < 1.29 is 19.1 Å². The Morgan fingerprint density at radius 2 is 1.65 bits per heavy atom. The van der Waals surface area contributed by atoms with Crippen molar-refractivity contribution in [3.63, 3.8) is 0 Å². The van der Waals surface area contributed by atoms with Gasteiger partial charge in [0.25, 0.3) is 11.8 Å². The van der Waals surface area contributed by atoms with E-state index in [2.05, 4.69) is 0 Å². The van der Waals surface area contributed by atoms with Crippen LogP contribution in [0.4, 0.5) is 5.69 Å². The number of aliphatic imine (C=N–C) groups is 1. The quantitative estimate of drug-likeness (QED) is 0.423. The monoisotopic (exact) mass is 497 g/mol. The zero-order chi connectivity index (χ0) is 26.3. The maximum atomic E-state index is 14.0. The van der Waals surface area contributed by atoms with Gasteiger partial charge in [-0.3, -0.25) is 9.59 Å². The number of methoxy groups -OCH3 is 2. The molecule has 188 valence electrons. The van der Waals surface area contributed by atoms with Gasteiger partial charge in [-0.05, 0) is 35.9 Å². The zero-order valence-corrected chi connectivity index (χ0v) is 20.8. The Morgan fingerprint density at radius 3 is 2.30 bits per heavy atom. The number of primary amides is 1. The fraction of sp³-hybridized carbons (Fsp3) is 0.179. The Morgan fingerprint density at radius 1 is 1.00 bits per heavy atom. The van der Waals surface area contributed by atoms with Gasteiger partial charge in [0.2, 0.25) is 6.17 Å². The maximum absolute atomic E-state index is 14.0. The number of nitrogens with zero attached hydrogens (tertiary/aromatic N) is 3. The Kier molecular flexibility index (Phi) is 6.14. The average molecular weight is 498 g/mol. The van der Waals surface area contributed by atoms with Crippen molar-refractivity contribution in [1.29, 1.82) is 0 Å². The van der Waals surface area contributed by atoms with Gasteiger partial charge in [0.05, 0.1) is 36.7 Å². The first kappa shape index (κ1) is 24.1. The molecule has 0 aliphatic carbocycles. The average Bonchev–Trinajstić information content (AvgIpc) is 3.28. The summed E-state index contributed by atoms with van der Waals surface area (Å²) in [5.74, 6) is 0.00336. The fourth-order valence-corrected chi connectivity index (χ4v) is 4.82. The van der Waals surface area contributed by atoms with E-state index in [4.69, 9.17) is 25.9 Å². The number of likely N-dealkylation sites (N-methyl/N-ethyl adjacent to an activating group) is 1. The van der Waals surface area contributed by atoms with E-state index in [1.165, 1.54) is 0 Å². The Balaban J connectivity index is 1.88. The number of aromatic nitrogens is 1. The largest absolute Gasteiger partial charge is 0.496 e. The number of benzodiazepines with no additional fused rings is 1. The summed E-state index contributed by atoms with van der Waals surface area (Å²) in [6.07, 6.45) is -1.13. The highest BCUT2D eigenvalue weighted by molar-refractivity contribution is 6.22. The number of fused-ring (bicyclic) bond motifs is 2. The summed E-state index contributed by atoms with van der Waals surface area (Å²) in [7, 11) is 4.80. The van der Waals surface area contributed by atoms with Crippen molar-refractivity contribution >= 4 is 34.1 Å². The molecular formula is C28H27N5O4. The topological polar surface area (TPSA) is 125 Å². The summed E-state index contributed by atoms with van der Waals surface area (Å²) in [6, 6.07) is 20.2. The minimum absolute atomic E-state index is 0.180. The lowest BCUT2D eigenvalue weighted by Crippen LogP contribution is -2.34. The minimum atomic E-state index is -1.13. The highest BCUT2D eigenvalue weighted by Gasteiger charge is 2.35. The van der Waals surface area contributed by atoms with Gasteiger partial charge < -0.3 is 30.4 Å². The van der Waals surface area contributed by atoms with Crippen LogP contribution < -0.4 is 25.8 Å². The van der Waals surface area contributed by atoms with Crippen molar-refractivity contribution in [2.75, 3.05) is 26.2 Å². The zero-order valence-electron chi connectivity index (χ0n) is 20.8. The third kappa shape index (κ3) is 3.89. The van der Waals surface area contributed by atoms with Gasteiger partial charge in [0.1, 0.15) is 17.2 Å². The molecule has 0 fully saturated rings. The van der Waals surface area contributed by atoms with Crippen molar-refractivity contribution in [2.24, 2.45) is 16.5 Å². The number of amides is 2. The van der Waals surface area contributed by atoms with Gasteiger partial charge in [-0.25, -0.2) is 4.99 Å². The minimum Gasteiger partial charge on any atom is -0.496 e. The Hall–Kier alpha value is -4.63. The number of hydrogen-bond donors (Lipinski definition) is 2. The summed E-state index contributed by atoms with van der Waals surface area (Å²) < 4.78 is 13.1. The van der Waals surface area contributed by atoms with Gasteiger partial charge in [-0.15, -0.1) is 0 Å². The smallest absolute Gasteiger partial charge is 0.272 e. The van der Waals surface area contributed by atoms with Crippen LogP contribution in [0.15, 0.2) is 71.7 Å². The second-order valence-electron chi connectivity index (χ2n) is 8.67. The molecule has 2 heterocycles. The second kappa shape index (κ2) is 9.44. The van der Waals surface area contributed by atoms with Crippen LogP contribution in [0.1, 0.15) is 33.3 Å². The lowest BCUT2D eigenvalue weighted by molar-refractivity contribution is -0.121. The standard InChI is InChI=1S/C28H27N5O4/c1-32-20-11-7-5-9-18(20)25(24-22(36-2)12-16(15-29)13-23(24)37-3)31-27(28(32)35)33-19-10-6-4-8-17(19)14-21(33)26(30)34/h4-14,27H,15,29H2,1-3H3,(H2,30,34). The molecule has 0 saturated carbocycles. The Bertz CT molecular complexity index is 1550. The summed E-state index contributed by atoms with van der Waals surface area (Å²) in [5, 5.41) is 0.771. The predicted molar refractivity (Wildman–Crippen MR) is 142 cm³/mol. The number of benzene rings is 3. The van der Waals surface area contributed by atoms with Crippen LogP contribution in [0.25, 0.3) is 10.9 Å². The molecule has 1 unspecified atom stereocenters. The van der Waals surface area contributed by atoms with E-state index in [0.717, 1.165) is 10.9 Å². The summed E-state index contributed by atoms with van der Waals surface area (Å²) >= 11 is 0. The van der Waals surface area contributed by atoms with Crippen molar-refractivity contribution in [1.82, 2.24) is 4.57 Å². The number of carbonyl (C=O) groups is 2. The van der Waals surface area contributed by atoms with Gasteiger partial charge >= 0.3 is 0 Å². The van der Waals surface area contributed by atoms with Crippen molar-refractivity contribution in [2.45, 2.75) is 12.7 Å². The lowest BCUT2D eigenvalue weighted by Gasteiger charge is -2.22. The van der Waals surface area contributed by atoms with Gasteiger partial charge in [-0.2, -0.15) is 0 Å². The molecule has 1 aromatic heterocycles. The number of ether oxygens (including phenoxy) is 2. The molecule has 4 N–H and O–H groups in total. The molecule has 2 amide bonds. The third-order valence-electron chi connectivity index (χ3n) is 6.61. The molecule has 9 heteroatoms. The normalized spacial score (nSPS) is 15.2. The van der Waals surface area contributed by atoms with Crippen LogP contribution in [0.5, 0.6) is 11.5 Å². The fourth-order valence-electron chi connectivity index (χ4n) is 4.82. The molecular weight excluding hydrogens is 470 g/mol. The molecule has 1 atom stereocenters. The Labute approximate surface area is 213 Å². The van der Waals surface area contributed by atoms with Crippen LogP contribution in [0, 0.1) is 0 Å². The van der Waals surface area contributed by atoms with Crippen molar-refractivity contribution in [3.8, 4) is 11.5 Å². The predicted octanol–water partition coefficient (Wildman–Crippen LogP) is 3.23.